The minimum absolute atomic E-state index is 0.0217. The van der Waals surface area contributed by atoms with Crippen LogP contribution >= 0.6 is 11.3 Å². The Balaban J connectivity index is 2.37. The van der Waals surface area contributed by atoms with E-state index in [1.54, 1.807) is 14.0 Å². The molecule has 1 heterocycles. The van der Waals surface area contributed by atoms with E-state index in [2.05, 4.69) is 5.32 Å². The molecule has 19 heavy (non-hydrogen) atoms. The molecule has 0 aliphatic carbocycles. The highest BCUT2D eigenvalue weighted by Gasteiger charge is 2.25. The maximum atomic E-state index is 11.9. The maximum absolute atomic E-state index is 11.9. The summed E-state index contributed by atoms with van der Waals surface area (Å²) >= 11 is 1.53. The van der Waals surface area contributed by atoms with E-state index in [0.29, 0.717) is 6.61 Å². The van der Waals surface area contributed by atoms with Crippen molar-refractivity contribution in [2.75, 3.05) is 20.3 Å². The van der Waals surface area contributed by atoms with Crippen molar-refractivity contribution in [3.63, 3.8) is 0 Å². The zero-order chi connectivity index (χ0) is 14.3. The van der Waals surface area contributed by atoms with Gasteiger partial charge in [-0.25, -0.2) is 0 Å². The number of amides is 1. The van der Waals surface area contributed by atoms with Crippen LogP contribution in [0.3, 0.4) is 0 Å². The smallest absolute Gasteiger partial charge is 0.222 e. The van der Waals surface area contributed by atoms with E-state index in [0.717, 1.165) is 18.4 Å². The summed E-state index contributed by atoms with van der Waals surface area (Å²) in [6, 6.07) is 1.87. The summed E-state index contributed by atoms with van der Waals surface area (Å²) in [4.78, 5) is 11.9. The first-order valence-corrected chi connectivity index (χ1v) is 7.43. The minimum atomic E-state index is -1.01. The van der Waals surface area contributed by atoms with Crippen molar-refractivity contribution >= 4 is 17.2 Å². The predicted molar refractivity (Wildman–Crippen MR) is 77.2 cm³/mol. The van der Waals surface area contributed by atoms with E-state index in [4.69, 9.17) is 4.74 Å². The second-order valence-electron chi connectivity index (χ2n) is 5.04. The zero-order valence-corrected chi connectivity index (χ0v) is 12.6. The quantitative estimate of drug-likeness (QED) is 0.719. The van der Waals surface area contributed by atoms with E-state index in [-0.39, 0.29) is 18.4 Å². The molecule has 0 bridgehead atoms. The van der Waals surface area contributed by atoms with Crippen LogP contribution in [0.5, 0.6) is 0 Å². The third kappa shape index (κ3) is 5.30. The molecule has 0 spiro atoms. The Morgan fingerprint density at radius 2 is 2.37 bits per heavy atom. The minimum Gasteiger partial charge on any atom is -0.385 e. The Labute approximate surface area is 118 Å². The van der Waals surface area contributed by atoms with Crippen LogP contribution in [0.15, 0.2) is 16.8 Å². The second-order valence-corrected chi connectivity index (χ2v) is 5.82. The van der Waals surface area contributed by atoms with Crippen LogP contribution in [-0.4, -0.2) is 31.3 Å². The van der Waals surface area contributed by atoms with Gasteiger partial charge in [-0.05, 0) is 42.2 Å². The third-order valence-electron chi connectivity index (χ3n) is 3.18. The molecule has 2 atom stereocenters. The number of aliphatic hydroxyl groups is 1. The topological polar surface area (TPSA) is 58.6 Å². The SMILES string of the molecule is COCCCC(C)C(=O)NCC(C)(O)c1ccsc1. The number of hydrogen-bond acceptors (Lipinski definition) is 4. The summed E-state index contributed by atoms with van der Waals surface area (Å²) in [7, 11) is 1.66. The van der Waals surface area contributed by atoms with Crippen molar-refractivity contribution in [2.45, 2.75) is 32.3 Å². The molecule has 1 aromatic heterocycles. The van der Waals surface area contributed by atoms with E-state index in [1.165, 1.54) is 11.3 Å². The van der Waals surface area contributed by atoms with Crippen LogP contribution in [0.1, 0.15) is 32.3 Å². The number of carbonyl (C=O) groups excluding carboxylic acids is 1. The van der Waals surface area contributed by atoms with Gasteiger partial charge in [0.15, 0.2) is 0 Å². The van der Waals surface area contributed by atoms with Crippen LogP contribution in [0.2, 0.25) is 0 Å². The van der Waals surface area contributed by atoms with Crippen molar-refractivity contribution in [1.29, 1.82) is 0 Å². The molecule has 2 unspecified atom stereocenters. The van der Waals surface area contributed by atoms with Gasteiger partial charge in [0.05, 0.1) is 6.54 Å². The van der Waals surface area contributed by atoms with Crippen LogP contribution in [-0.2, 0) is 15.1 Å². The number of nitrogens with one attached hydrogen (secondary N) is 1. The first kappa shape index (κ1) is 16.1. The Bertz CT molecular complexity index is 376. The average molecular weight is 285 g/mol. The highest BCUT2D eigenvalue weighted by molar-refractivity contribution is 7.08. The van der Waals surface area contributed by atoms with Crippen molar-refractivity contribution < 1.29 is 14.6 Å². The van der Waals surface area contributed by atoms with Crippen LogP contribution in [0, 0.1) is 5.92 Å². The van der Waals surface area contributed by atoms with E-state index in [1.807, 2.05) is 23.8 Å². The van der Waals surface area contributed by atoms with E-state index in [9.17, 15) is 9.90 Å². The van der Waals surface area contributed by atoms with Crippen molar-refractivity contribution in [1.82, 2.24) is 5.32 Å². The molecular formula is C14H23NO3S. The van der Waals surface area contributed by atoms with Gasteiger partial charge in [0.25, 0.3) is 0 Å². The van der Waals surface area contributed by atoms with Gasteiger partial charge in [-0.1, -0.05) is 6.92 Å². The second kappa shape index (κ2) is 7.62. The summed E-state index contributed by atoms with van der Waals surface area (Å²) in [6.07, 6.45) is 1.66. The lowest BCUT2D eigenvalue weighted by Crippen LogP contribution is -2.40. The molecule has 1 aromatic rings. The molecular weight excluding hydrogens is 262 g/mol. The van der Waals surface area contributed by atoms with Gasteiger partial charge in [-0.3, -0.25) is 4.79 Å². The molecule has 0 saturated heterocycles. The molecule has 0 fully saturated rings. The standard InChI is InChI=1S/C14H23NO3S/c1-11(5-4-7-18-3)13(16)15-10-14(2,17)12-6-8-19-9-12/h6,8-9,11,17H,4-5,7,10H2,1-3H3,(H,15,16). The molecule has 108 valence electrons. The maximum Gasteiger partial charge on any atom is 0.222 e. The van der Waals surface area contributed by atoms with E-state index >= 15 is 0 Å². The van der Waals surface area contributed by atoms with Crippen molar-refractivity contribution in [3.8, 4) is 0 Å². The highest BCUT2D eigenvalue weighted by Crippen LogP contribution is 2.22. The lowest BCUT2D eigenvalue weighted by molar-refractivity contribution is -0.126. The fourth-order valence-electron chi connectivity index (χ4n) is 1.77. The number of hydrogen-bond donors (Lipinski definition) is 2. The highest BCUT2D eigenvalue weighted by atomic mass is 32.1. The Hall–Kier alpha value is -0.910. The first-order chi connectivity index (χ1) is 8.97. The predicted octanol–water partition coefficient (Wildman–Crippen LogP) is 2.13. The average Bonchev–Trinajstić information content (AvgIpc) is 2.90. The van der Waals surface area contributed by atoms with Gasteiger partial charge >= 0.3 is 0 Å². The largest absolute Gasteiger partial charge is 0.385 e. The zero-order valence-electron chi connectivity index (χ0n) is 11.8. The number of ether oxygens (including phenoxy) is 1. The Morgan fingerprint density at radius 3 is 2.95 bits per heavy atom. The van der Waals surface area contributed by atoms with Crippen molar-refractivity contribution in [3.05, 3.63) is 22.4 Å². The molecule has 0 aromatic carbocycles. The molecule has 4 nitrogen and oxygen atoms in total. The molecule has 0 aliphatic rings. The van der Waals surface area contributed by atoms with Gasteiger partial charge in [-0.15, -0.1) is 0 Å². The lowest BCUT2D eigenvalue weighted by Gasteiger charge is -2.24. The number of thiophene rings is 1. The normalized spacial score (nSPS) is 15.8. The summed E-state index contributed by atoms with van der Waals surface area (Å²) in [5.41, 5.74) is -0.174. The van der Waals surface area contributed by atoms with E-state index < -0.39 is 5.60 Å². The summed E-state index contributed by atoms with van der Waals surface area (Å²) in [5.74, 6) is -0.0833. The summed E-state index contributed by atoms with van der Waals surface area (Å²) in [6.45, 7) is 4.51. The summed E-state index contributed by atoms with van der Waals surface area (Å²) in [5, 5.41) is 16.9. The first-order valence-electron chi connectivity index (χ1n) is 6.49. The van der Waals surface area contributed by atoms with Gasteiger partial charge in [-0.2, -0.15) is 11.3 Å². The summed E-state index contributed by atoms with van der Waals surface area (Å²) < 4.78 is 4.96. The van der Waals surface area contributed by atoms with Crippen LogP contribution < -0.4 is 5.32 Å². The molecule has 0 aliphatic heterocycles. The number of rotatable bonds is 8. The third-order valence-corrected chi connectivity index (χ3v) is 3.87. The molecule has 2 N–H and O–H groups in total. The molecule has 1 rings (SSSR count). The lowest BCUT2D eigenvalue weighted by atomic mass is 9.98. The van der Waals surface area contributed by atoms with Crippen LogP contribution in [0.4, 0.5) is 0 Å². The Morgan fingerprint density at radius 1 is 1.63 bits per heavy atom. The van der Waals surface area contributed by atoms with Gasteiger partial charge < -0.3 is 15.2 Å². The van der Waals surface area contributed by atoms with Gasteiger partial charge in [0, 0.05) is 19.6 Å². The fourth-order valence-corrected chi connectivity index (χ4v) is 2.55. The van der Waals surface area contributed by atoms with Crippen molar-refractivity contribution in [2.24, 2.45) is 5.92 Å². The fraction of sp³-hybridized carbons (Fsp3) is 0.643. The van der Waals surface area contributed by atoms with Gasteiger partial charge in [0.1, 0.15) is 5.60 Å². The number of methoxy groups -OCH3 is 1. The molecule has 0 radical (unpaired) electrons. The molecule has 0 saturated carbocycles. The molecule has 5 heteroatoms. The molecule has 1 amide bonds. The monoisotopic (exact) mass is 285 g/mol. The Kier molecular flexibility index (Phi) is 6.48. The van der Waals surface area contributed by atoms with Crippen LogP contribution in [0.25, 0.3) is 0 Å². The number of carbonyl (C=O) groups is 1. The van der Waals surface area contributed by atoms with Gasteiger partial charge in [0.2, 0.25) is 5.91 Å².